The highest BCUT2D eigenvalue weighted by Crippen LogP contribution is 2.21. The molecule has 0 aliphatic carbocycles. The predicted octanol–water partition coefficient (Wildman–Crippen LogP) is 2.88. The molecule has 3 heteroatoms. The third-order valence-corrected chi connectivity index (χ3v) is 2.92. The van der Waals surface area contributed by atoms with E-state index in [9.17, 15) is 9.90 Å². The maximum Gasteiger partial charge on any atom is 0.310 e. The topological polar surface area (TPSA) is 50.2 Å². The number of benzene rings is 1. The van der Waals surface area contributed by atoms with Crippen molar-refractivity contribution in [3.8, 4) is 0 Å². The number of carbonyl (C=O) groups is 1. The zero-order valence-electron chi connectivity index (χ0n) is 9.99. The fourth-order valence-corrected chi connectivity index (χ4v) is 1.96. The second kappa shape index (κ2) is 5.96. The zero-order valence-corrected chi connectivity index (χ0v) is 9.99. The molecule has 1 heterocycles. The van der Waals surface area contributed by atoms with Gasteiger partial charge in [0.25, 0.3) is 0 Å². The van der Waals surface area contributed by atoms with Gasteiger partial charge in [-0.05, 0) is 30.5 Å². The summed E-state index contributed by atoms with van der Waals surface area (Å²) in [6.45, 7) is 0. The molecule has 1 aromatic heterocycles. The quantitative estimate of drug-likeness (QED) is 0.875. The first-order valence-corrected chi connectivity index (χ1v) is 5.95. The molecule has 0 spiro atoms. The number of aliphatic carboxylic acids is 1. The minimum Gasteiger partial charge on any atom is -0.481 e. The molecule has 0 saturated heterocycles. The lowest BCUT2D eigenvalue weighted by molar-refractivity contribution is -0.138. The summed E-state index contributed by atoms with van der Waals surface area (Å²) in [7, 11) is 0. The van der Waals surface area contributed by atoms with Crippen LogP contribution in [0, 0.1) is 0 Å². The van der Waals surface area contributed by atoms with Gasteiger partial charge >= 0.3 is 5.97 Å². The Morgan fingerprint density at radius 2 is 1.83 bits per heavy atom. The van der Waals surface area contributed by atoms with Gasteiger partial charge in [-0.2, -0.15) is 0 Å². The van der Waals surface area contributed by atoms with Crippen LogP contribution in [-0.2, 0) is 11.2 Å². The first-order valence-electron chi connectivity index (χ1n) is 5.95. The number of hydrogen-bond donors (Lipinski definition) is 1. The van der Waals surface area contributed by atoms with Crippen molar-refractivity contribution in [3.63, 3.8) is 0 Å². The number of carboxylic acid groups (broad SMARTS) is 1. The summed E-state index contributed by atoms with van der Waals surface area (Å²) in [5.74, 6) is -1.25. The molecule has 1 atom stereocenters. The third kappa shape index (κ3) is 3.17. The second-order valence-corrected chi connectivity index (χ2v) is 4.16. The summed E-state index contributed by atoms with van der Waals surface area (Å²) in [6.07, 6.45) is 2.97. The Labute approximate surface area is 106 Å². The van der Waals surface area contributed by atoms with Gasteiger partial charge in [0.05, 0.1) is 5.92 Å². The summed E-state index contributed by atoms with van der Waals surface area (Å²) in [4.78, 5) is 15.5. The first-order chi connectivity index (χ1) is 8.77. The highest BCUT2D eigenvalue weighted by Gasteiger charge is 2.19. The van der Waals surface area contributed by atoms with E-state index < -0.39 is 11.9 Å². The molecule has 18 heavy (non-hydrogen) atoms. The Hall–Kier alpha value is -2.16. The number of aromatic nitrogens is 1. The Morgan fingerprint density at radius 3 is 2.44 bits per heavy atom. The van der Waals surface area contributed by atoms with Crippen molar-refractivity contribution < 1.29 is 9.90 Å². The smallest absolute Gasteiger partial charge is 0.310 e. The van der Waals surface area contributed by atoms with Crippen molar-refractivity contribution in [1.29, 1.82) is 0 Å². The molecule has 92 valence electrons. The van der Waals surface area contributed by atoms with Crippen LogP contribution in [0.15, 0.2) is 54.7 Å². The van der Waals surface area contributed by atoms with Crippen molar-refractivity contribution in [2.75, 3.05) is 0 Å². The van der Waals surface area contributed by atoms with E-state index in [0.717, 1.165) is 11.3 Å². The number of nitrogens with zero attached hydrogens (tertiary/aromatic N) is 1. The average Bonchev–Trinajstić information content (AvgIpc) is 2.41. The molecular formula is C15H15NO2. The molecule has 0 amide bonds. The van der Waals surface area contributed by atoms with Crippen LogP contribution in [0.25, 0.3) is 0 Å². The van der Waals surface area contributed by atoms with E-state index in [0.29, 0.717) is 12.8 Å². The van der Waals surface area contributed by atoms with Crippen LogP contribution < -0.4 is 0 Å². The maximum absolute atomic E-state index is 11.3. The molecule has 0 aliphatic heterocycles. The molecule has 1 aromatic carbocycles. The average molecular weight is 241 g/mol. The number of pyridine rings is 1. The SMILES string of the molecule is O=C(O)[C@@H](CCc1ccccn1)c1ccccc1. The Kier molecular flexibility index (Phi) is 4.07. The van der Waals surface area contributed by atoms with Crippen LogP contribution in [0.4, 0.5) is 0 Å². The Balaban J connectivity index is 2.06. The fraction of sp³-hybridized carbons (Fsp3) is 0.200. The van der Waals surface area contributed by atoms with Gasteiger partial charge in [0.15, 0.2) is 0 Å². The lowest BCUT2D eigenvalue weighted by Crippen LogP contribution is -2.12. The van der Waals surface area contributed by atoms with E-state index >= 15 is 0 Å². The van der Waals surface area contributed by atoms with Gasteiger partial charge in [0.2, 0.25) is 0 Å². The Bertz CT molecular complexity index is 496. The third-order valence-electron chi connectivity index (χ3n) is 2.92. The van der Waals surface area contributed by atoms with Gasteiger partial charge < -0.3 is 5.11 Å². The molecule has 0 radical (unpaired) electrons. The summed E-state index contributed by atoms with van der Waals surface area (Å²) >= 11 is 0. The highest BCUT2D eigenvalue weighted by molar-refractivity contribution is 5.76. The molecule has 0 fully saturated rings. The summed E-state index contributed by atoms with van der Waals surface area (Å²) in [6, 6.07) is 15.0. The van der Waals surface area contributed by atoms with Crippen LogP contribution in [0.3, 0.4) is 0 Å². The highest BCUT2D eigenvalue weighted by atomic mass is 16.4. The molecule has 3 nitrogen and oxygen atoms in total. The first kappa shape index (κ1) is 12.3. The van der Waals surface area contributed by atoms with Gasteiger partial charge in [-0.1, -0.05) is 36.4 Å². The number of carboxylic acids is 1. The molecular weight excluding hydrogens is 226 g/mol. The van der Waals surface area contributed by atoms with Crippen molar-refractivity contribution in [1.82, 2.24) is 4.98 Å². The summed E-state index contributed by atoms with van der Waals surface area (Å²) in [5, 5.41) is 9.28. The number of rotatable bonds is 5. The van der Waals surface area contributed by atoms with Crippen LogP contribution in [0.1, 0.15) is 23.6 Å². The largest absolute Gasteiger partial charge is 0.481 e. The summed E-state index contributed by atoms with van der Waals surface area (Å²) in [5.41, 5.74) is 1.78. The summed E-state index contributed by atoms with van der Waals surface area (Å²) < 4.78 is 0. The van der Waals surface area contributed by atoms with E-state index in [1.165, 1.54) is 0 Å². The minimum absolute atomic E-state index is 0.465. The second-order valence-electron chi connectivity index (χ2n) is 4.16. The lowest BCUT2D eigenvalue weighted by atomic mass is 9.93. The monoisotopic (exact) mass is 241 g/mol. The van der Waals surface area contributed by atoms with Crippen LogP contribution in [0.5, 0.6) is 0 Å². The minimum atomic E-state index is -0.780. The van der Waals surface area contributed by atoms with Gasteiger partial charge in [-0.25, -0.2) is 0 Å². The van der Waals surface area contributed by atoms with Crippen molar-refractivity contribution in [2.45, 2.75) is 18.8 Å². The fourth-order valence-electron chi connectivity index (χ4n) is 1.96. The van der Waals surface area contributed by atoms with Crippen molar-refractivity contribution in [3.05, 3.63) is 66.0 Å². The van der Waals surface area contributed by atoms with Gasteiger partial charge in [-0.3, -0.25) is 9.78 Å². The molecule has 0 aliphatic rings. The van der Waals surface area contributed by atoms with Gasteiger partial charge in [0, 0.05) is 11.9 Å². The van der Waals surface area contributed by atoms with Crippen LogP contribution in [0.2, 0.25) is 0 Å². The van der Waals surface area contributed by atoms with Gasteiger partial charge in [-0.15, -0.1) is 0 Å². The lowest BCUT2D eigenvalue weighted by Gasteiger charge is -2.12. The van der Waals surface area contributed by atoms with Gasteiger partial charge in [0.1, 0.15) is 0 Å². The Morgan fingerprint density at radius 1 is 1.11 bits per heavy atom. The number of hydrogen-bond acceptors (Lipinski definition) is 2. The van der Waals surface area contributed by atoms with Crippen LogP contribution in [-0.4, -0.2) is 16.1 Å². The maximum atomic E-state index is 11.3. The predicted molar refractivity (Wildman–Crippen MR) is 69.4 cm³/mol. The van der Waals surface area contributed by atoms with Crippen LogP contribution >= 0.6 is 0 Å². The molecule has 0 bridgehead atoms. The molecule has 2 rings (SSSR count). The van der Waals surface area contributed by atoms with E-state index in [4.69, 9.17) is 0 Å². The normalized spacial score (nSPS) is 12.0. The van der Waals surface area contributed by atoms with E-state index in [2.05, 4.69) is 4.98 Å². The molecule has 1 N–H and O–H groups in total. The standard InChI is InChI=1S/C15H15NO2/c17-15(18)14(12-6-2-1-3-7-12)10-9-13-8-4-5-11-16-13/h1-8,11,14H,9-10H2,(H,17,18)/t14-/m0/s1. The van der Waals surface area contributed by atoms with Crippen molar-refractivity contribution in [2.24, 2.45) is 0 Å². The van der Waals surface area contributed by atoms with E-state index in [1.54, 1.807) is 6.20 Å². The van der Waals surface area contributed by atoms with Crippen molar-refractivity contribution >= 4 is 5.97 Å². The molecule has 0 saturated carbocycles. The van der Waals surface area contributed by atoms with E-state index in [-0.39, 0.29) is 0 Å². The zero-order chi connectivity index (χ0) is 12.8. The van der Waals surface area contributed by atoms with E-state index in [1.807, 2.05) is 48.5 Å². The molecule has 2 aromatic rings. The number of aryl methyl sites for hydroxylation is 1. The molecule has 0 unspecified atom stereocenters.